The van der Waals surface area contributed by atoms with Gasteiger partial charge in [-0.2, -0.15) is 0 Å². The van der Waals surface area contributed by atoms with Crippen LogP contribution < -0.4 is 20.9 Å². The van der Waals surface area contributed by atoms with Crippen LogP contribution >= 0.6 is 0 Å². The Kier molecular flexibility index (Phi) is 4.98. The summed E-state index contributed by atoms with van der Waals surface area (Å²) in [7, 11) is 0. The number of hydrogen-bond acceptors (Lipinski definition) is 5. The normalized spacial score (nSPS) is 10.6. The van der Waals surface area contributed by atoms with Crippen molar-refractivity contribution in [3.63, 3.8) is 0 Å². The number of anilines is 1. The molecule has 0 aliphatic carbocycles. The van der Waals surface area contributed by atoms with E-state index in [0.717, 1.165) is 12.8 Å². The van der Waals surface area contributed by atoms with Gasteiger partial charge in [0, 0.05) is 13.2 Å². The number of aliphatic hydroxyl groups is 1. The summed E-state index contributed by atoms with van der Waals surface area (Å²) in [6.45, 7) is 2.99. The second kappa shape index (κ2) is 6.27. The number of nitrogens with one attached hydrogen (secondary N) is 1. The molecule has 0 saturated carbocycles. The predicted octanol–water partition coefficient (Wildman–Crippen LogP) is 0.256. The molecule has 0 aliphatic heterocycles. The first-order chi connectivity index (χ1) is 7.72. The van der Waals surface area contributed by atoms with Gasteiger partial charge in [0.05, 0.1) is 6.61 Å². The van der Waals surface area contributed by atoms with E-state index in [1.165, 1.54) is 0 Å². The highest BCUT2D eigenvalue weighted by Gasteiger charge is 2.21. The van der Waals surface area contributed by atoms with E-state index in [1.807, 2.05) is 6.92 Å². The van der Waals surface area contributed by atoms with Crippen LogP contribution in [0.4, 0.5) is 5.69 Å². The quantitative estimate of drug-likeness (QED) is 0.492. The maximum atomic E-state index is 11.2. The van der Waals surface area contributed by atoms with Gasteiger partial charge in [-0.1, -0.05) is 13.3 Å². The van der Waals surface area contributed by atoms with Gasteiger partial charge < -0.3 is 15.2 Å². The monoisotopic (exact) mass is 227 g/mol. The molecule has 16 heavy (non-hydrogen) atoms. The van der Waals surface area contributed by atoms with Crippen LogP contribution in [0.2, 0.25) is 0 Å². The highest BCUT2D eigenvalue weighted by Crippen LogP contribution is 2.17. The zero-order chi connectivity index (χ0) is 12.0. The Bertz CT molecular complexity index is 355. The van der Waals surface area contributed by atoms with E-state index < -0.39 is 10.9 Å². The predicted molar refractivity (Wildman–Crippen MR) is 61.9 cm³/mol. The lowest BCUT2D eigenvalue weighted by molar-refractivity contribution is 0.291. The van der Waals surface area contributed by atoms with E-state index in [1.54, 1.807) is 0 Å². The largest absolute Gasteiger partial charge is 0.487 e. The Morgan fingerprint density at radius 3 is 2.62 bits per heavy atom. The van der Waals surface area contributed by atoms with Gasteiger partial charge in [-0.05, 0) is 12.8 Å². The maximum Gasteiger partial charge on any atom is 0.272 e. The third-order valence-corrected chi connectivity index (χ3v) is 2.25. The molecule has 1 aromatic rings. The van der Waals surface area contributed by atoms with Crippen molar-refractivity contribution in [3.05, 3.63) is 20.4 Å². The van der Waals surface area contributed by atoms with Crippen molar-refractivity contribution in [1.29, 1.82) is 0 Å². The molecule has 0 atom stereocenters. The van der Waals surface area contributed by atoms with Crippen LogP contribution in [0.1, 0.15) is 26.2 Å². The Labute approximate surface area is 93.7 Å². The average Bonchev–Trinajstić information content (AvgIpc) is 2.31. The fourth-order valence-electron chi connectivity index (χ4n) is 1.28. The van der Waals surface area contributed by atoms with E-state index >= 15 is 0 Å². The summed E-state index contributed by atoms with van der Waals surface area (Å²) in [5, 5.41) is 11.4. The van der Waals surface area contributed by atoms with Crippen molar-refractivity contribution in [2.45, 2.75) is 26.2 Å². The minimum atomic E-state index is -0.553. The second-order valence-corrected chi connectivity index (χ2v) is 3.57. The molecule has 1 rings (SSSR count). The molecule has 0 aromatic heterocycles. The Morgan fingerprint density at radius 1 is 1.25 bits per heavy atom. The number of hydrogen-bond donors (Lipinski definition) is 2. The highest BCUT2D eigenvalue weighted by atomic mass is 16.5. The first-order valence-electron chi connectivity index (χ1n) is 5.53. The van der Waals surface area contributed by atoms with Gasteiger partial charge >= 0.3 is 0 Å². The molecule has 0 spiro atoms. The average molecular weight is 227 g/mol. The van der Waals surface area contributed by atoms with Crippen LogP contribution in [0.25, 0.3) is 0 Å². The van der Waals surface area contributed by atoms with E-state index in [-0.39, 0.29) is 18.0 Å². The number of aliphatic hydroxyl groups excluding tert-OH is 1. The zero-order valence-electron chi connectivity index (χ0n) is 9.41. The molecular formula is C11H17NO4. The fraction of sp³-hybridized carbons (Fsp3) is 0.636. The molecule has 5 heteroatoms. The van der Waals surface area contributed by atoms with Gasteiger partial charge in [0.2, 0.25) is 0 Å². The summed E-state index contributed by atoms with van der Waals surface area (Å²) in [5.74, 6) is 0.149. The first-order valence-corrected chi connectivity index (χ1v) is 5.53. The van der Waals surface area contributed by atoms with Crippen molar-refractivity contribution < 1.29 is 9.84 Å². The summed E-state index contributed by atoms with van der Waals surface area (Å²) >= 11 is 0. The van der Waals surface area contributed by atoms with Crippen LogP contribution in [0.15, 0.2) is 9.59 Å². The van der Waals surface area contributed by atoms with Crippen LogP contribution in [0.5, 0.6) is 5.75 Å². The van der Waals surface area contributed by atoms with E-state index in [4.69, 9.17) is 9.84 Å². The maximum absolute atomic E-state index is 11.2. The van der Waals surface area contributed by atoms with E-state index in [2.05, 4.69) is 5.32 Å². The number of rotatable bonds is 8. The molecule has 1 aromatic carbocycles. The second-order valence-electron chi connectivity index (χ2n) is 3.57. The summed E-state index contributed by atoms with van der Waals surface area (Å²) < 4.78 is 5.23. The smallest absolute Gasteiger partial charge is 0.272 e. The molecule has 90 valence electrons. The standard InChI is InChI=1S/C11H17NO4/c1-2-3-7-16-11-8(9(14)10(11)15)12-5-4-6-13/h12-13H,2-7H2,1H3. The Morgan fingerprint density at radius 2 is 2.00 bits per heavy atom. The third kappa shape index (κ3) is 2.82. The van der Waals surface area contributed by atoms with E-state index in [9.17, 15) is 9.59 Å². The first kappa shape index (κ1) is 12.7. The Balaban J connectivity index is 2.52. The lowest BCUT2D eigenvalue weighted by Gasteiger charge is -2.13. The topological polar surface area (TPSA) is 75.6 Å². The van der Waals surface area contributed by atoms with Gasteiger partial charge in [-0.3, -0.25) is 9.59 Å². The highest BCUT2D eigenvalue weighted by molar-refractivity contribution is 5.61. The van der Waals surface area contributed by atoms with Gasteiger partial charge in [0.1, 0.15) is 5.69 Å². The number of ether oxygens (including phenoxy) is 1. The third-order valence-electron chi connectivity index (χ3n) is 2.25. The molecule has 0 bridgehead atoms. The van der Waals surface area contributed by atoms with Gasteiger partial charge in [-0.15, -0.1) is 0 Å². The van der Waals surface area contributed by atoms with Crippen molar-refractivity contribution >= 4 is 5.69 Å². The minimum Gasteiger partial charge on any atom is -0.487 e. The van der Waals surface area contributed by atoms with Crippen molar-refractivity contribution in [1.82, 2.24) is 0 Å². The molecule has 0 fully saturated rings. The van der Waals surface area contributed by atoms with Crippen LogP contribution in [0, 0.1) is 0 Å². The minimum absolute atomic E-state index is 0.0500. The molecular weight excluding hydrogens is 210 g/mol. The summed E-state index contributed by atoms with van der Waals surface area (Å²) in [5.41, 5.74) is -0.818. The summed E-state index contributed by atoms with van der Waals surface area (Å²) in [6, 6.07) is 0. The van der Waals surface area contributed by atoms with Crippen LogP contribution in [-0.4, -0.2) is 24.9 Å². The van der Waals surface area contributed by atoms with Gasteiger partial charge in [-0.25, -0.2) is 0 Å². The van der Waals surface area contributed by atoms with E-state index in [0.29, 0.717) is 19.6 Å². The van der Waals surface area contributed by atoms with Gasteiger partial charge in [0.25, 0.3) is 10.9 Å². The molecule has 2 N–H and O–H groups in total. The SMILES string of the molecule is CCCCOc1c(NCCCO)c(=O)c1=O. The van der Waals surface area contributed by atoms with Gasteiger partial charge in [0.15, 0.2) is 5.75 Å². The molecule has 0 radical (unpaired) electrons. The fourth-order valence-corrected chi connectivity index (χ4v) is 1.28. The van der Waals surface area contributed by atoms with Crippen LogP contribution in [0.3, 0.4) is 0 Å². The lowest BCUT2D eigenvalue weighted by atomic mass is 10.2. The lowest BCUT2D eigenvalue weighted by Crippen LogP contribution is -2.36. The molecule has 5 nitrogen and oxygen atoms in total. The zero-order valence-corrected chi connectivity index (χ0v) is 9.41. The Hall–Kier alpha value is -1.36. The summed E-state index contributed by atoms with van der Waals surface area (Å²) in [4.78, 5) is 22.4. The molecule has 0 heterocycles. The van der Waals surface area contributed by atoms with Crippen molar-refractivity contribution in [3.8, 4) is 5.75 Å². The van der Waals surface area contributed by atoms with Crippen LogP contribution in [-0.2, 0) is 0 Å². The molecule has 0 amide bonds. The molecule has 0 aliphatic rings. The molecule has 0 saturated heterocycles. The molecule has 0 unspecified atom stereocenters. The summed E-state index contributed by atoms with van der Waals surface area (Å²) in [6.07, 6.45) is 2.37. The van der Waals surface area contributed by atoms with Crippen molar-refractivity contribution in [2.24, 2.45) is 0 Å². The number of unbranched alkanes of at least 4 members (excludes halogenated alkanes) is 1. The van der Waals surface area contributed by atoms with Crippen molar-refractivity contribution in [2.75, 3.05) is 25.1 Å².